The molecule has 2 amide bonds. The molecular weight excluding hydrogens is 487 g/mol. The molecule has 0 aliphatic rings. The highest BCUT2D eigenvalue weighted by Gasteiger charge is 2.21. The van der Waals surface area contributed by atoms with Gasteiger partial charge in [0.15, 0.2) is 5.82 Å². The third-order valence-electron chi connectivity index (χ3n) is 5.59. The van der Waals surface area contributed by atoms with Crippen LogP contribution in [0, 0.1) is 0 Å². The van der Waals surface area contributed by atoms with Crippen LogP contribution in [-0.4, -0.2) is 35.6 Å². The zero-order valence-corrected chi connectivity index (χ0v) is 20.4. The summed E-state index contributed by atoms with van der Waals surface area (Å²) in [6.45, 7) is 0.323. The van der Waals surface area contributed by atoms with Crippen LogP contribution in [0.1, 0.15) is 28.3 Å². The molecule has 4 rings (SSSR count). The quantitative estimate of drug-likeness (QED) is 0.221. The van der Waals surface area contributed by atoms with Crippen molar-refractivity contribution in [3.05, 3.63) is 81.8 Å². The summed E-state index contributed by atoms with van der Waals surface area (Å²) in [7, 11) is 1.79. The van der Waals surface area contributed by atoms with Crippen molar-refractivity contribution in [1.82, 2.24) is 10.2 Å². The van der Waals surface area contributed by atoms with E-state index in [9.17, 15) is 9.59 Å². The average Bonchev–Trinajstić information content (AvgIpc) is 3.26. The maximum atomic E-state index is 13.1. The van der Waals surface area contributed by atoms with E-state index in [1.165, 1.54) is 0 Å². The summed E-state index contributed by atoms with van der Waals surface area (Å²) in [5, 5.41) is 17.3. The molecule has 0 bridgehead atoms. The minimum absolute atomic E-state index is 0.230. The van der Waals surface area contributed by atoms with Gasteiger partial charge in [0.1, 0.15) is 0 Å². The molecule has 1 unspecified atom stereocenters. The van der Waals surface area contributed by atoms with Gasteiger partial charge in [0.05, 0.1) is 21.5 Å². The normalized spacial score (nSPS) is 11.8. The second-order valence-corrected chi connectivity index (χ2v) is 8.72. The van der Waals surface area contributed by atoms with Crippen LogP contribution in [0.25, 0.3) is 10.9 Å². The van der Waals surface area contributed by atoms with Crippen LogP contribution in [-0.2, 0) is 4.79 Å². The number of nitrogens with one attached hydrogen (secondary N) is 4. The van der Waals surface area contributed by atoms with Gasteiger partial charge >= 0.3 is 0 Å². The number of anilines is 3. The zero-order valence-electron chi connectivity index (χ0n) is 18.9. The van der Waals surface area contributed by atoms with E-state index >= 15 is 0 Å². The zero-order chi connectivity index (χ0) is 24.9. The number of amides is 2. The van der Waals surface area contributed by atoms with Gasteiger partial charge in [-0.15, -0.1) is 0 Å². The lowest BCUT2D eigenvalue weighted by atomic mass is 9.94. The van der Waals surface area contributed by atoms with Crippen molar-refractivity contribution >= 4 is 63.1 Å². The SMILES string of the molecule is CNc1cccc(C(=O)Nc2n[nH]c3ccc(NC(=O)C(CCN)c4ccc(Cl)c(Cl)c4)cc23)c1. The second-order valence-electron chi connectivity index (χ2n) is 7.91. The van der Waals surface area contributed by atoms with Gasteiger partial charge in [0.25, 0.3) is 5.91 Å². The molecule has 0 fully saturated rings. The van der Waals surface area contributed by atoms with Crippen molar-refractivity contribution in [1.29, 1.82) is 0 Å². The summed E-state index contributed by atoms with van der Waals surface area (Å²) >= 11 is 12.2. The first-order chi connectivity index (χ1) is 16.9. The molecular formula is C25H24Cl2N6O2. The van der Waals surface area contributed by atoms with Gasteiger partial charge in [-0.1, -0.05) is 35.3 Å². The number of aromatic amines is 1. The lowest BCUT2D eigenvalue weighted by Crippen LogP contribution is -2.23. The highest BCUT2D eigenvalue weighted by molar-refractivity contribution is 6.42. The van der Waals surface area contributed by atoms with E-state index in [4.69, 9.17) is 28.9 Å². The first kappa shape index (κ1) is 24.5. The van der Waals surface area contributed by atoms with Gasteiger partial charge in [0.2, 0.25) is 5.91 Å². The van der Waals surface area contributed by atoms with Crippen LogP contribution >= 0.6 is 23.2 Å². The number of H-pyrrole nitrogens is 1. The average molecular weight is 511 g/mol. The lowest BCUT2D eigenvalue weighted by molar-refractivity contribution is -0.117. The number of aromatic nitrogens is 2. The highest BCUT2D eigenvalue weighted by Crippen LogP contribution is 2.30. The second kappa shape index (κ2) is 10.8. The maximum absolute atomic E-state index is 13.1. The van der Waals surface area contributed by atoms with Crippen molar-refractivity contribution in [2.24, 2.45) is 5.73 Å². The van der Waals surface area contributed by atoms with Crippen LogP contribution in [0.2, 0.25) is 10.0 Å². The summed E-state index contributed by atoms with van der Waals surface area (Å²) in [5.74, 6) is -0.675. The molecule has 1 heterocycles. The molecule has 0 aliphatic carbocycles. The number of fused-ring (bicyclic) bond motifs is 1. The number of rotatable bonds is 8. The van der Waals surface area contributed by atoms with E-state index in [0.717, 1.165) is 11.3 Å². The van der Waals surface area contributed by atoms with E-state index in [0.29, 0.717) is 51.0 Å². The van der Waals surface area contributed by atoms with E-state index < -0.39 is 5.92 Å². The topological polar surface area (TPSA) is 125 Å². The molecule has 35 heavy (non-hydrogen) atoms. The molecule has 0 spiro atoms. The molecule has 0 aliphatic heterocycles. The molecule has 0 saturated carbocycles. The van der Waals surface area contributed by atoms with Gasteiger partial charge in [-0.25, -0.2) is 0 Å². The van der Waals surface area contributed by atoms with Crippen molar-refractivity contribution < 1.29 is 9.59 Å². The lowest BCUT2D eigenvalue weighted by Gasteiger charge is -2.17. The smallest absolute Gasteiger partial charge is 0.256 e. The van der Waals surface area contributed by atoms with Crippen LogP contribution in [0.3, 0.4) is 0 Å². The predicted octanol–water partition coefficient (Wildman–Crippen LogP) is 5.23. The Balaban J connectivity index is 1.56. The summed E-state index contributed by atoms with van der Waals surface area (Å²) in [5.41, 5.74) is 9.07. The monoisotopic (exact) mass is 510 g/mol. The predicted molar refractivity (Wildman–Crippen MR) is 142 cm³/mol. The van der Waals surface area contributed by atoms with Gasteiger partial charge in [0, 0.05) is 29.4 Å². The summed E-state index contributed by atoms with van der Waals surface area (Å²) in [4.78, 5) is 25.9. The first-order valence-corrected chi connectivity index (χ1v) is 11.7. The molecule has 0 saturated heterocycles. The van der Waals surface area contributed by atoms with Crippen LogP contribution < -0.4 is 21.7 Å². The molecule has 3 aromatic carbocycles. The molecule has 180 valence electrons. The van der Waals surface area contributed by atoms with Crippen LogP contribution in [0.5, 0.6) is 0 Å². The third kappa shape index (κ3) is 5.57. The fraction of sp³-hybridized carbons (Fsp3) is 0.160. The van der Waals surface area contributed by atoms with E-state index in [1.54, 1.807) is 61.6 Å². The van der Waals surface area contributed by atoms with Crippen molar-refractivity contribution in [2.45, 2.75) is 12.3 Å². The number of carbonyl (C=O) groups excluding carboxylic acids is 2. The van der Waals surface area contributed by atoms with E-state index in [1.807, 2.05) is 6.07 Å². The molecule has 8 nitrogen and oxygen atoms in total. The molecule has 0 radical (unpaired) electrons. The molecule has 6 N–H and O–H groups in total. The number of halogens is 2. The Morgan fingerprint density at radius 1 is 1.00 bits per heavy atom. The van der Waals surface area contributed by atoms with Gasteiger partial charge in [-0.3, -0.25) is 14.7 Å². The van der Waals surface area contributed by atoms with Crippen molar-refractivity contribution in [2.75, 3.05) is 29.5 Å². The standard InChI is InChI=1S/C25H24Cl2N6O2/c1-29-16-4-2-3-15(11-16)24(34)31-23-19-13-17(6-8-22(19)32-33-23)30-25(35)18(9-10-28)14-5-7-20(26)21(27)12-14/h2-8,11-13,18,29H,9-10,28H2,1H3,(H,30,35)(H2,31,32,33,34). The Bertz CT molecular complexity index is 1390. The van der Waals surface area contributed by atoms with E-state index in [2.05, 4.69) is 26.1 Å². The van der Waals surface area contributed by atoms with Crippen molar-refractivity contribution in [3.8, 4) is 0 Å². The number of hydrogen-bond acceptors (Lipinski definition) is 5. The van der Waals surface area contributed by atoms with Gasteiger partial charge < -0.3 is 21.7 Å². The molecule has 10 heteroatoms. The third-order valence-corrected chi connectivity index (χ3v) is 6.33. The Kier molecular flexibility index (Phi) is 7.55. The number of carbonyl (C=O) groups is 2. The summed E-state index contributed by atoms with van der Waals surface area (Å²) in [6.07, 6.45) is 0.435. The first-order valence-electron chi connectivity index (χ1n) is 10.9. The number of nitrogens with two attached hydrogens (primary N) is 1. The minimum atomic E-state index is -0.506. The number of hydrogen-bond donors (Lipinski definition) is 5. The highest BCUT2D eigenvalue weighted by atomic mass is 35.5. The molecule has 1 atom stereocenters. The van der Waals surface area contributed by atoms with Gasteiger partial charge in [-0.2, -0.15) is 5.10 Å². The van der Waals surface area contributed by atoms with Crippen LogP contribution in [0.4, 0.5) is 17.2 Å². The Hall–Kier alpha value is -3.59. The van der Waals surface area contributed by atoms with Crippen molar-refractivity contribution in [3.63, 3.8) is 0 Å². The Morgan fingerprint density at radius 2 is 1.83 bits per heavy atom. The molecule has 1 aromatic heterocycles. The summed E-state index contributed by atoms with van der Waals surface area (Å²) in [6, 6.07) is 17.5. The number of nitrogens with zero attached hydrogens (tertiary/aromatic N) is 1. The number of benzene rings is 3. The summed E-state index contributed by atoms with van der Waals surface area (Å²) < 4.78 is 0. The largest absolute Gasteiger partial charge is 0.388 e. The Morgan fingerprint density at radius 3 is 2.57 bits per heavy atom. The van der Waals surface area contributed by atoms with Gasteiger partial charge in [-0.05, 0) is 67.1 Å². The molecule has 4 aromatic rings. The minimum Gasteiger partial charge on any atom is -0.388 e. The Labute approximate surface area is 212 Å². The van der Waals surface area contributed by atoms with Crippen LogP contribution in [0.15, 0.2) is 60.7 Å². The fourth-order valence-corrected chi connectivity index (χ4v) is 4.06. The van der Waals surface area contributed by atoms with E-state index in [-0.39, 0.29) is 11.8 Å². The maximum Gasteiger partial charge on any atom is 0.256 e. The fourth-order valence-electron chi connectivity index (χ4n) is 3.76.